The summed E-state index contributed by atoms with van der Waals surface area (Å²) in [4.78, 5) is 17.5. The number of aryl methyl sites for hydroxylation is 1. The van der Waals surface area contributed by atoms with Crippen LogP contribution in [-0.4, -0.2) is 22.6 Å². The quantitative estimate of drug-likeness (QED) is 0.388. The van der Waals surface area contributed by atoms with Gasteiger partial charge in [-0.25, -0.2) is 9.78 Å². The second-order valence-electron chi connectivity index (χ2n) is 6.65. The minimum Gasteiger partial charge on any atom is -0.465 e. The van der Waals surface area contributed by atoms with Gasteiger partial charge in [-0.05, 0) is 29.5 Å². The largest absolute Gasteiger partial charge is 0.465 e. The molecule has 2 aromatic heterocycles. The Morgan fingerprint density at radius 1 is 1.34 bits per heavy atom. The molecule has 3 aromatic rings. The number of unbranched alkanes of at least 4 members (excludes halogenated alkanes) is 1. The molecule has 0 unspecified atom stereocenters. The van der Waals surface area contributed by atoms with E-state index in [9.17, 15) is 10.1 Å². The summed E-state index contributed by atoms with van der Waals surface area (Å²) in [6.45, 7) is 6.60. The van der Waals surface area contributed by atoms with Crippen molar-refractivity contribution in [1.82, 2.24) is 9.55 Å². The lowest BCUT2D eigenvalue weighted by atomic mass is 10.1. The first-order valence-electron chi connectivity index (χ1n) is 9.48. The maximum absolute atomic E-state index is 12.0. The number of nitriles is 1. The molecule has 6 heteroatoms. The van der Waals surface area contributed by atoms with Gasteiger partial charge in [-0.1, -0.05) is 38.1 Å². The maximum Gasteiger partial charge on any atom is 0.338 e. The molecule has 0 fully saturated rings. The fourth-order valence-corrected chi connectivity index (χ4v) is 4.10. The highest BCUT2D eigenvalue weighted by Gasteiger charge is 2.21. The summed E-state index contributed by atoms with van der Waals surface area (Å²) in [6.07, 6.45) is 4.79. The Bertz CT molecular complexity index is 1070. The van der Waals surface area contributed by atoms with Gasteiger partial charge in [0.1, 0.15) is 5.82 Å². The van der Waals surface area contributed by atoms with Gasteiger partial charge in [-0.15, -0.1) is 11.3 Å². The summed E-state index contributed by atoms with van der Waals surface area (Å²) in [5.41, 5.74) is 3.73. The van der Waals surface area contributed by atoms with Crippen molar-refractivity contribution < 1.29 is 9.53 Å². The van der Waals surface area contributed by atoms with Crippen LogP contribution in [0.2, 0.25) is 0 Å². The van der Waals surface area contributed by atoms with E-state index in [-0.39, 0.29) is 0 Å². The highest BCUT2D eigenvalue weighted by molar-refractivity contribution is 7.12. The van der Waals surface area contributed by atoms with Crippen molar-refractivity contribution in [3.05, 3.63) is 70.3 Å². The summed E-state index contributed by atoms with van der Waals surface area (Å²) in [7, 11) is 1.35. The molecule has 0 saturated heterocycles. The second kappa shape index (κ2) is 9.35. The molecule has 3 rings (SSSR count). The number of imidazole rings is 1. The maximum atomic E-state index is 12.0. The third-order valence-corrected chi connectivity index (χ3v) is 5.78. The van der Waals surface area contributed by atoms with Gasteiger partial charge in [0.15, 0.2) is 0 Å². The Morgan fingerprint density at radius 2 is 2.14 bits per heavy atom. The van der Waals surface area contributed by atoms with Gasteiger partial charge in [-0.3, -0.25) is 0 Å². The number of hydrogen-bond acceptors (Lipinski definition) is 5. The molecule has 0 N–H and O–H groups in total. The van der Waals surface area contributed by atoms with Crippen LogP contribution in [0.4, 0.5) is 0 Å². The summed E-state index contributed by atoms with van der Waals surface area (Å²) >= 11 is 1.45. The van der Waals surface area contributed by atoms with Gasteiger partial charge in [0, 0.05) is 12.0 Å². The highest BCUT2D eigenvalue weighted by atomic mass is 32.1. The summed E-state index contributed by atoms with van der Waals surface area (Å²) < 4.78 is 6.99. The van der Waals surface area contributed by atoms with Crippen LogP contribution in [0.25, 0.3) is 16.8 Å². The predicted octanol–water partition coefficient (Wildman–Crippen LogP) is 5.06. The molecule has 0 bridgehead atoms. The van der Waals surface area contributed by atoms with E-state index in [0.717, 1.165) is 46.8 Å². The highest BCUT2D eigenvalue weighted by Crippen LogP contribution is 2.34. The number of nitrogens with zero attached hydrogens (tertiary/aromatic N) is 3. The first-order chi connectivity index (χ1) is 14.1. The Morgan fingerprint density at radius 3 is 2.86 bits per heavy atom. The van der Waals surface area contributed by atoms with Crippen LogP contribution in [0.5, 0.6) is 0 Å². The van der Waals surface area contributed by atoms with Gasteiger partial charge >= 0.3 is 5.97 Å². The topological polar surface area (TPSA) is 67.9 Å². The van der Waals surface area contributed by atoms with Gasteiger partial charge in [-0.2, -0.15) is 5.26 Å². The molecule has 148 valence electrons. The number of rotatable bonds is 8. The number of benzene rings is 1. The molecule has 0 radical (unpaired) electrons. The lowest BCUT2D eigenvalue weighted by molar-refractivity contribution is -0.133. The van der Waals surface area contributed by atoms with Crippen molar-refractivity contribution in [2.24, 2.45) is 0 Å². The minimum absolute atomic E-state index is 0.331. The number of carbonyl (C=O) groups excluding carboxylic acids is 1. The number of carbonyl (C=O) groups is 1. The van der Waals surface area contributed by atoms with E-state index in [1.807, 2.05) is 41.9 Å². The number of ether oxygens (including phenoxy) is 1. The van der Waals surface area contributed by atoms with E-state index in [1.54, 1.807) is 0 Å². The first kappa shape index (κ1) is 20.6. The van der Waals surface area contributed by atoms with E-state index in [2.05, 4.69) is 29.1 Å². The zero-order valence-corrected chi connectivity index (χ0v) is 17.5. The molecule has 0 spiro atoms. The van der Waals surface area contributed by atoms with E-state index >= 15 is 0 Å². The van der Waals surface area contributed by atoms with Gasteiger partial charge in [0.05, 0.1) is 47.6 Å². The summed E-state index contributed by atoms with van der Waals surface area (Å²) in [5, 5.41) is 11.4. The summed E-state index contributed by atoms with van der Waals surface area (Å²) in [6, 6.07) is 11.8. The van der Waals surface area contributed by atoms with Crippen LogP contribution in [0.1, 0.15) is 41.6 Å². The molecule has 0 aliphatic carbocycles. The molecule has 0 aliphatic rings. The zero-order valence-electron chi connectivity index (χ0n) is 16.6. The Kier molecular flexibility index (Phi) is 6.63. The van der Waals surface area contributed by atoms with E-state index in [4.69, 9.17) is 4.74 Å². The van der Waals surface area contributed by atoms with Crippen LogP contribution in [-0.2, 0) is 22.5 Å². The Balaban J connectivity index is 2.08. The smallest absolute Gasteiger partial charge is 0.338 e. The standard InChI is InChI=1S/C23H23N3O2S/c1-4-5-10-21-25-14-20(19-11-12-29-22(19)16(2)23(27)28-3)26(21)15-18-9-7-6-8-17(18)13-24/h6-9,11-12,14H,2,4-5,10,15H2,1,3H3. The van der Waals surface area contributed by atoms with E-state index in [1.165, 1.54) is 18.4 Å². The number of hydrogen-bond donors (Lipinski definition) is 0. The van der Waals surface area contributed by atoms with Crippen LogP contribution < -0.4 is 0 Å². The van der Waals surface area contributed by atoms with Crippen molar-refractivity contribution in [1.29, 1.82) is 5.26 Å². The van der Waals surface area contributed by atoms with Gasteiger partial charge in [0.2, 0.25) is 0 Å². The molecule has 1 aromatic carbocycles. The number of esters is 1. The normalized spacial score (nSPS) is 10.5. The monoisotopic (exact) mass is 405 g/mol. The van der Waals surface area contributed by atoms with Crippen molar-refractivity contribution in [3.63, 3.8) is 0 Å². The molecule has 0 saturated carbocycles. The number of thiophene rings is 1. The molecular weight excluding hydrogens is 382 g/mol. The SMILES string of the molecule is C=C(C(=O)OC)c1sccc1-c1cnc(CCCC)n1Cc1ccccc1C#N. The predicted molar refractivity (Wildman–Crippen MR) is 115 cm³/mol. The molecular formula is C23H23N3O2S. The fraction of sp³-hybridized carbons (Fsp3) is 0.261. The van der Waals surface area contributed by atoms with Crippen LogP contribution >= 0.6 is 11.3 Å². The molecule has 0 aliphatic heterocycles. The minimum atomic E-state index is -0.444. The van der Waals surface area contributed by atoms with Gasteiger partial charge in [0.25, 0.3) is 0 Å². The van der Waals surface area contributed by atoms with E-state index < -0.39 is 5.97 Å². The number of methoxy groups -OCH3 is 1. The fourth-order valence-electron chi connectivity index (χ4n) is 3.24. The van der Waals surface area contributed by atoms with E-state index in [0.29, 0.717) is 17.7 Å². The Hall–Kier alpha value is -3.17. The third kappa shape index (κ3) is 4.30. The third-order valence-electron chi connectivity index (χ3n) is 4.81. The zero-order chi connectivity index (χ0) is 20.8. The summed E-state index contributed by atoms with van der Waals surface area (Å²) in [5.74, 6) is 0.524. The lowest BCUT2D eigenvalue weighted by Gasteiger charge is -2.14. The molecule has 2 heterocycles. The van der Waals surface area contributed by atoms with Crippen LogP contribution in [0, 0.1) is 11.3 Å². The Labute approximate surface area is 174 Å². The molecule has 0 amide bonds. The van der Waals surface area contributed by atoms with Crippen LogP contribution in [0.15, 0.2) is 48.5 Å². The average Bonchev–Trinajstić information content (AvgIpc) is 3.38. The van der Waals surface area contributed by atoms with Crippen LogP contribution in [0.3, 0.4) is 0 Å². The van der Waals surface area contributed by atoms with Crippen molar-refractivity contribution in [2.75, 3.05) is 7.11 Å². The second-order valence-corrected chi connectivity index (χ2v) is 7.57. The molecule has 0 atom stereocenters. The molecule has 29 heavy (non-hydrogen) atoms. The first-order valence-corrected chi connectivity index (χ1v) is 10.4. The molecule has 5 nitrogen and oxygen atoms in total. The van der Waals surface area contributed by atoms with Gasteiger partial charge < -0.3 is 9.30 Å². The van der Waals surface area contributed by atoms with Crippen molar-refractivity contribution in [2.45, 2.75) is 32.7 Å². The lowest BCUT2D eigenvalue weighted by Crippen LogP contribution is -2.09. The van der Waals surface area contributed by atoms with Crippen molar-refractivity contribution in [3.8, 4) is 17.3 Å². The van der Waals surface area contributed by atoms with Crippen molar-refractivity contribution >= 4 is 22.9 Å². The number of aromatic nitrogens is 2. The average molecular weight is 406 g/mol.